The van der Waals surface area contributed by atoms with E-state index in [0.29, 0.717) is 44.5 Å². The molecule has 4 aromatic rings. The summed E-state index contributed by atoms with van der Waals surface area (Å²) in [6.07, 6.45) is 1.61. The Morgan fingerprint density at radius 1 is 1.14 bits per heavy atom. The third-order valence-corrected chi connectivity index (χ3v) is 4.88. The number of pyridine rings is 1. The minimum atomic E-state index is -0.238. The van der Waals surface area contributed by atoms with Crippen LogP contribution in [0.3, 0.4) is 0 Å². The number of hydrogen-bond donors (Lipinski definition) is 1. The van der Waals surface area contributed by atoms with Gasteiger partial charge in [0.25, 0.3) is 5.56 Å². The van der Waals surface area contributed by atoms with Crippen molar-refractivity contribution in [3.63, 3.8) is 0 Å². The maximum atomic E-state index is 13.2. The molecule has 1 N–H and O–H groups in total. The molecule has 0 amide bonds. The number of anilines is 1. The van der Waals surface area contributed by atoms with E-state index in [4.69, 9.17) is 9.47 Å². The molecule has 144 valence electrons. The molecule has 4 rings (SSSR count). The average Bonchev–Trinajstić information content (AvgIpc) is 3.13. The molecule has 29 heavy (non-hydrogen) atoms. The number of rotatable bonds is 4. The van der Waals surface area contributed by atoms with Crippen LogP contribution in [0.5, 0.6) is 11.5 Å². The number of aromatic nitrogens is 2. The Morgan fingerprint density at radius 2 is 1.90 bits per heavy atom. The molecule has 7 heteroatoms. The second-order valence-corrected chi connectivity index (χ2v) is 6.45. The summed E-state index contributed by atoms with van der Waals surface area (Å²) in [6.45, 7) is 1.75. The van der Waals surface area contributed by atoms with E-state index in [2.05, 4.69) is 16.4 Å². The van der Waals surface area contributed by atoms with Crippen LogP contribution in [0.15, 0.2) is 47.3 Å². The molecule has 0 aliphatic rings. The van der Waals surface area contributed by atoms with Gasteiger partial charge in [-0.05, 0) is 36.8 Å². The molecule has 0 saturated heterocycles. The van der Waals surface area contributed by atoms with Gasteiger partial charge in [-0.1, -0.05) is 12.1 Å². The topological polar surface area (TPSA) is 88.6 Å². The van der Waals surface area contributed by atoms with Crippen LogP contribution in [0.1, 0.15) is 11.1 Å². The van der Waals surface area contributed by atoms with Crippen LogP contribution in [0.25, 0.3) is 22.9 Å². The number of nitrogens with one attached hydrogen (secondary N) is 1. The Hall–Kier alpha value is -4.05. The third-order valence-electron chi connectivity index (χ3n) is 4.88. The monoisotopic (exact) mass is 386 g/mol. The van der Waals surface area contributed by atoms with Crippen LogP contribution in [0, 0.1) is 18.3 Å². The highest BCUT2D eigenvalue weighted by Gasteiger charge is 2.16. The van der Waals surface area contributed by atoms with Crippen LogP contribution in [0.2, 0.25) is 0 Å². The summed E-state index contributed by atoms with van der Waals surface area (Å²) >= 11 is 0. The summed E-state index contributed by atoms with van der Waals surface area (Å²) < 4.78 is 12.0. The maximum absolute atomic E-state index is 13.2. The molecule has 2 aromatic heterocycles. The minimum absolute atomic E-state index is 0.238. The number of fused-ring (bicyclic) bond motifs is 3. The molecule has 0 aliphatic carbocycles. The molecular weight excluding hydrogens is 368 g/mol. The highest BCUT2D eigenvalue weighted by atomic mass is 16.5. The minimum Gasteiger partial charge on any atom is -0.493 e. The molecule has 0 bridgehead atoms. The lowest BCUT2D eigenvalue weighted by Crippen LogP contribution is -2.34. The fraction of sp³-hybridized carbons (Fsp3) is 0.136. The fourth-order valence-electron chi connectivity index (χ4n) is 3.37. The lowest BCUT2D eigenvalue weighted by Gasteiger charge is -2.09. The first-order valence-corrected chi connectivity index (χ1v) is 8.91. The zero-order chi connectivity index (χ0) is 20.5. The number of ether oxygens (including phenoxy) is 2. The number of nitrogens with zero attached hydrogens (tertiary/aromatic N) is 3. The quantitative estimate of drug-likeness (QED) is 0.580. The molecule has 0 aliphatic heterocycles. The van der Waals surface area contributed by atoms with Crippen LogP contribution in [0.4, 0.5) is 5.69 Å². The van der Waals surface area contributed by atoms with E-state index in [-0.39, 0.29) is 5.56 Å². The van der Waals surface area contributed by atoms with Crippen molar-refractivity contribution in [3.8, 4) is 17.6 Å². The van der Waals surface area contributed by atoms with Gasteiger partial charge in [0.05, 0.1) is 36.0 Å². The normalized spacial score (nSPS) is 11.6. The van der Waals surface area contributed by atoms with E-state index in [0.717, 1.165) is 5.69 Å². The Kier molecular flexibility index (Phi) is 4.53. The van der Waals surface area contributed by atoms with Gasteiger partial charge in [-0.2, -0.15) is 5.26 Å². The van der Waals surface area contributed by atoms with Crippen molar-refractivity contribution < 1.29 is 9.47 Å². The first-order valence-electron chi connectivity index (χ1n) is 8.91. The lowest BCUT2D eigenvalue weighted by atomic mass is 10.1. The molecule has 2 heterocycles. The van der Waals surface area contributed by atoms with Crippen LogP contribution >= 0.6 is 0 Å². The second-order valence-electron chi connectivity index (χ2n) is 6.45. The molecule has 0 unspecified atom stereocenters. The Morgan fingerprint density at radius 3 is 2.62 bits per heavy atom. The molecular formula is C22H18N4O3. The van der Waals surface area contributed by atoms with Crippen molar-refractivity contribution in [2.45, 2.75) is 6.92 Å². The van der Waals surface area contributed by atoms with Gasteiger partial charge in [-0.25, -0.2) is 4.98 Å². The first-order chi connectivity index (χ1) is 14.1. The molecule has 0 radical (unpaired) electrons. The molecule has 2 aromatic carbocycles. The lowest BCUT2D eigenvalue weighted by molar-refractivity contribution is 0.355. The van der Waals surface area contributed by atoms with E-state index >= 15 is 0 Å². The zero-order valence-electron chi connectivity index (χ0n) is 16.2. The number of hydrogen-bond acceptors (Lipinski definition) is 6. The number of imidazole rings is 1. The average molecular weight is 386 g/mol. The first kappa shape index (κ1) is 18.3. The predicted molar refractivity (Wildman–Crippen MR) is 111 cm³/mol. The van der Waals surface area contributed by atoms with E-state index in [1.807, 2.05) is 30.3 Å². The summed E-state index contributed by atoms with van der Waals surface area (Å²) in [7, 11) is 3.13. The summed E-state index contributed by atoms with van der Waals surface area (Å²) in [5.74, 6) is 1.18. The van der Waals surface area contributed by atoms with Crippen LogP contribution in [-0.2, 0) is 0 Å². The Bertz CT molecular complexity index is 1400. The van der Waals surface area contributed by atoms with E-state index in [9.17, 15) is 10.1 Å². The standard InChI is InChI=1S/C22H18N4O3/c1-13-15(11-23)21-25-17-6-4-5-7-18(17)26(21)22(27)16(13)12-24-14-8-9-19(28-2)20(10-14)29-3/h4-10,12,24H,1-3H3. The van der Waals surface area contributed by atoms with Crippen molar-refractivity contribution in [2.24, 2.45) is 0 Å². The van der Waals surface area contributed by atoms with Gasteiger partial charge in [0.1, 0.15) is 6.07 Å². The Balaban J connectivity index is 1.93. The summed E-state index contributed by atoms with van der Waals surface area (Å²) in [6, 6.07) is 14.9. The molecule has 0 fully saturated rings. The highest BCUT2D eigenvalue weighted by Crippen LogP contribution is 2.29. The fourth-order valence-corrected chi connectivity index (χ4v) is 3.37. The zero-order valence-corrected chi connectivity index (χ0v) is 16.2. The van der Waals surface area contributed by atoms with E-state index in [1.54, 1.807) is 39.5 Å². The Labute approximate surface area is 166 Å². The van der Waals surface area contributed by atoms with Gasteiger partial charge < -0.3 is 14.8 Å². The molecule has 0 saturated carbocycles. The van der Waals surface area contributed by atoms with Gasteiger partial charge in [-0.15, -0.1) is 0 Å². The van der Waals surface area contributed by atoms with Gasteiger partial charge >= 0.3 is 0 Å². The summed E-state index contributed by atoms with van der Waals surface area (Å²) in [5, 5.41) is 13.2. The number of methoxy groups -OCH3 is 2. The van der Waals surface area contributed by atoms with Gasteiger partial charge in [0.15, 0.2) is 17.1 Å². The van der Waals surface area contributed by atoms with E-state index < -0.39 is 0 Å². The smallest absolute Gasteiger partial charge is 0.265 e. The van der Waals surface area contributed by atoms with Crippen molar-refractivity contribution in [3.05, 3.63) is 69.2 Å². The molecule has 0 atom stereocenters. The third kappa shape index (κ3) is 2.91. The van der Waals surface area contributed by atoms with Gasteiger partial charge in [0, 0.05) is 18.0 Å². The van der Waals surface area contributed by atoms with Crippen molar-refractivity contribution >= 4 is 28.6 Å². The largest absolute Gasteiger partial charge is 0.493 e. The predicted octanol–water partition coefficient (Wildman–Crippen LogP) is 2.61. The summed E-state index contributed by atoms with van der Waals surface area (Å²) in [4.78, 5) is 17.7. The van der Waals surface area contributed by atoms with Crippen molar-refractivity contribution in [1.82, 2.24) is 9.38 Å². The van der Waals surface area contributed by atoms with Gasteiger partial charge in [-0.3, -0.25) is 9.20 Å². The number of nitriles is 1. The maximum Gasteiger partial charge on any atom is 0.265 e. The van der Waals surface area contributed by atoms with Crippen LogP contribution in [-0.4, -0.2) is 23.6 Å². The van der Waals surface area contributed by atoms with Gasteiger partial charge in [0.2, 0.25) is 0 Å². The van der Waals surface area contributed by atoms with Crippen molar-refractivity contribution in [2.75, 3.05) is 19.5 Å². The highest BCUT2D eigenvalue weighted by molar-refractivity contribution is 5.82. The molecule has 7 nitrogen and oxygen atoms in total. The van der Waals surface area contributed by atoms with Crippen LogP contribution < -0.4 is 25.6 Å². The number of para-hydroxylation sites is 2. The number of benzene rings is 2. The molecule has 0 spiro atoms. The SMILES string of the molecule is COc1ccc(NC=c2c(C)c(C#N)c3nc4ccccc4n3c2=O)cc1OC. The summed E-state index contributed by atoms with van der Waals surface area (Å²) in [5.41, 5.74) is 3.15. The van der Waals surface area contributed by atoms with E-state index in [1.165, 1.54) is 4.40 Å². The van der Waals surface area contributed by atoms with Crippen molar-refractivity contribution in [1.29, 1.82) is 5.26 Å². The second kappa shape index (κ2) is 7.17.